The van der Waals surface area contributed by atoms with Gasteiger partial charge < -0.3 is 10.1 Å². The van der Waals surface area contributed by atoms with E-state index in [1.807, 2.05) is 18.2 Å². The molecular weight excluding hydrogens is 362 g/mol. The van der Waals surface area contributed by atoms with Gasteiger partial charge in [-0.25, -0.2) is 4.98 Å². The summed E-state index contributed by atoms with van der Waals surface area (Å²) in [6, 6.07) is 7.30. The first kappa shape index (κ1) is 21.4. The van der Waals surface area contributed by atoms with Crippen LogP contribution in [0.1, 0.15) is 33.6 Å². The summed E-state index contributed by atoms with van der Waals surface area (Å²) in [5, 5.41) is 4.10. The first-order chi connectivity index (χ1) is 12.8. The molecule has 2 aromatic rings. The molecule has 0 bridgehead atoms. The summed E-state index contributed by atoms with van der Waals surface area (Å²) in [5.74, 6) is 0.189. The van der Waals surface area contributed by atoms with Gasteiger partial charge in [0.05, 0.1) is 16.7 Å². The third-order valence-electron chi connectivity index (χ3n) is 4.09. The summed E-state index contributed by atoms with van der Waals surface area (Å²) >= 11 is 1.30. The van der Waals surface area contributed by atoms with Gasteiger partial charge in [-0.15, -0.1) is 0 Å². The number of methoxy groups -OCH3 is 1. The van der Waals surface area contributed by atoms with E-state index in [1.165, 1.54) is 11.8 Å². The second-order valence-corrected chi connectivity index (χ2v) is 8.61. The molecule has 0 unspecified atom stereocenters. The highest BCUT2D eigenvalue weighted by molar-refractivity contribution is 7.99. The first-order valence-corrected chi connectivity index (χ1v) is 10.2. The van der Waals surface area contributed by atoms with E-state index in [4.69, 9.17) is 4.74 Å². The lowest BCUT2D eigenvalue weighted by Crippen LogP contribution is -2.29. The van der Waals surface area contributed by atoms with E-state index in [-0.39, 0.29) is 22.6 Å². The van der Waals surface area contributed by atoms with Gasteiger partial charge in [-0.3, -0.25) is 14.2 Å². The monoisotopic (exact) mass is 391 g/mol. The molecule has 0 saturated carbocycles. The minimum absolute atomic E-state index is 0.0462. The minimum Gasteiger partial charge on any atom is -0.385 e. The van der Waals surface area contributed by atoms with Crippen molar-refractivity contribution in [3.8, 4) is 0 Å². The van der Waals surface area contributed by atoms with E-state index in [0.717, 1.165) is 6.42 Å². The van der Waals surface area contributed by atoms with Crippen LogP contribution in [0.2, 0.25) is 0 Å². The van der Waals surface area contributed by atoms with Crippen LogP contribution < -0.4 is 10.9 Å². The Morgan fingerprint density at radius 2 is 2.04 bits per heavy atom. The second kappa shape index (κ2) is 9.90. The van der Waals surface area contributed by atoms with Gasteiger partial charge in [0.1, 0.15) is 0 Å². The number of carbonyl (C=O) groups is 1. The number of amides is 1. The maximum Gasteiger partial charge on any atom is 0.262 e. The molecule has 6 nitrogen and oxygen atoms in total. The normalized spacial score (nSPS) is 11.7. The zero-order valence-corrected chi connectivity index (χ0v) is 17.4. The molecule has 27 heavy (non-hydrogen) atoms. The van der Waals surface area contributed by atoms with Crippen molar-refractivity contribution < 1.29 is 9.53 Å². The Morgan fingerprint density at radius 1 is 1.30 bits per heavy atom. The van der Waals surface area contributed by atoms with E-state index in [9.17, 15) is 9.59 Å². The molecule has 2 rings (SSSR count). The lowest BCUT2D eigenvalue weighted by Gasteiger charge is -2.18. The SMILES string of the molecule is COCCCn1c(SCC(=O)NCCC(C)(C)C)nc2ccccc2c1=O. The Morgan fingerprint density at radius 3 is 2.74 bits per heavy atom. The summed E-state index contributed by atoms with van der Waals surface area (Å²) in [4.78, 5) is 29.6. The van der Waals surface area contributed by atoms with Crippen LogP contribution in [0.5, 0.6) is 0 Å². The maximum absolute atomic E-state index is 12.8. The lowest BCUT2D eigenvalue weighted by molar-refractivity contribution is -0.118. The molecule has 0 spiro atoms. The predicted molar refractivity (Wildman–Crippen MR) is 110 cm³/mol. The van der Waals surface area contributed by atoms with Crippen LogP contribution in [0.3, 0.4) is 0 Å². The number of rotatable bonds is 9. The van der Waals surface area contributed by atoms with Crippen LogP contribution in [0, 0.1) is 5.41 Å². The van der Waals surface area contributed by atoms with E-state index >= 15 is 0 Å². The second-order valence-electron chi connectivity index (χ2n) is 7.66. The van der Waals surface area contributed by atoms with Crippen molar-refractivity contribution in [1.29, 1.82) is 0 Å². The maximum atomic E-state index is 12.8. The summed E-state index contributed by atoms with van der Waals surface area (Å²) in [6.07, 6.45) is 1.63. The van der Waals surface area contributed by atoms with Crippen LogP contribution >= 0.6 is 11.8 Å². The topological polar surface area (TPSA) is 73.2 Å². The van der Waals surface area contributed by atoms with E-state index < -0.39 is 0 Å². The molecule has 0 saturated heterocycles. The number of nitrogens with one attached hydrogen (secondary N) is 1. The molecule has 0 aliphatic rings. The minimum atomic E-state index is -0.0765. The zero-order valence-electron chi connectivity index (χ0n) is 16.6. The van der Waals surface area contributed by atoms with Crippen LogP contribution in [0.4, 0.5) is 0 Å². The molecule has 0 aliphatic carbocycles. The Bertz CT molecular complexity index is 827. The van der Waals surface area contributed by atoms with Crippen LogP contribution in [0.15, 0.2) is 34.2 Å². The van der Waals surface area contributed by atoms with Crippen LogP contribution in [0.25, 0.3) is 10.9 Å². The molecule has 0 atom stereocenters. The number of fused-ring (bicyclic) bond motifs is 1. The standard InChI is InChI=1S/C20H29N3O3S/c1-20(2,3)10-11-21-17(24)14-27-19-22-16-9-6-5-8-15(16)18(25)23(19)12-7-13-26-4/h5-6,8-9H,7,10-14H2,1-4H3,(H,21,24). The third kappa shape index (κ3) is 6.66. The molecule has 148 valence electrons. The number of ether oxygens (including phenoxy) is 1. The largest absolute Gasteiger partial charge is 0.385 e. The third-order valence-corrected chi connectivity index (χ3v) is 5.06. The summed E-state index contributed by atoms with van der Waals surface area (Å²) < 4.78 is 6.74. The molecule has 1 aromatic heterocycles. The summed E-state index contributed by atoms with van der Waals surface area (Å²) in [7, 11) is 1.64. The number of carbonyl (C=O) groups excluding carboxylic acids is 1. The van der Waals surface area contributed by atoms with Crippen molar-refractivity contribution in [3.63, 3.8) is 0 Å². The van der Waals surface area contributed by atoms with Gasteiger partial charge in [0.15, 0.2) is 5.16 Å². The van der Waals surface area contributed by atoms with Crippen molar-refractivity contribution in [2.75, 3.05) is 26.0 Å². The molecule has 0 aliphatic heterocycles. The van der Waals surface area contributed by atoms with Gasteiger partial charge in [-0.05, 0) is 30.4 Å². The first-order valence-electron chi connectivity index (χ1n) is 9.20. The molecule has 1 N–H and O–H groups in total. The molecular formula is C20H29N3O3S. The van der Waals surface area contributed by atoms with Crippen molar-refractivity contribution in [2.24, 2.45) is 5.41 Å². The molecule has 0 fully saturated rings. The Balaban J connectivity index is 2.11. The molecule has 7 heteroatoms. The highest BCUT2D eigenvalue weighted by Crippen LogP contribution is 2.19. The van der Waals surface area contributed by atoms with Crippen LogP contribution in [-0.2, 0) is 16.1 Å². The molecule has 1 heterocycles. The van der Waals surface area contributed by atoms with Gasteiger partial charge >= 0.3 is 0 Å². The van der Waals surface area contributed by atoms with Crippen molar-refractivity contribution in [2.45, 2.75) is 45.3 Å². The van der Waals surface area contributed by atoms with Crippen LogP contribution in [-0.4, -0.2) is 41.5 Å². The van der Waals surface area contributed by atoms with E-state index in [2.05, 4.69) is 31.1 Å². The average molecular weight is 392 g/mol. The number of thioether (sulfide) groups is 1. The predicted octanol–water partition coefficient (Wildman–Crippen LogP) is 3.08. The number of hydrogen-bond acceptors (Lipinski definition) is 5. The fourth-order valence-corrected chi connectivity index (χ4v) is 3.44. The van der Waals surface area contributed by atoms with Gasteiger partial charge in [-0.1, -0.05) is 44.7 Å². The van der Waals surface area contributed by atoms with Gasteiger partial charge in [0, 0.05) is 26.8 Å². The average Bonchev–Trinajstić information content (AvgIpc) is 2.61. The fourth-order valence-electron chi connectivity index (χ4n) is 2.58. The Hall–Kier alpha value is -1.86. The van der Waals surface area contributed by atoms with Gasteiger partial charge in [0.2, 0.25) is 5.91 Å². The number of benzene rings is 1. The summed E-state index contributed by atoms with van der Waals surface area (Å²) in [5.41, 5.74) is 0.760. The number of aromatic nitrogens is 2. The summed E-state index contributed by atoms with van der Waals surface area (Å²) in [6.45, 7) is 8.16. The van der Waals surface area contributed by atoms with Crippen molar-refractivity contribution in [1.82, 2.24) is 14.9 Å². The van der Waals surface area contributed by atoms with E-state index in [1.54, 1.807) is 17.7 Å². The van der Waals surface area contributed by atoms with Gasteiger partial charge in [-0.2, -0.15) is 0 Å². The molecule has 1 amide bonds. The quantitative estimate of drug-likeness (QED) is 0.404. The Labute approximate surface area is 164 Å². The zero-order chi connectivity index (χ0) is 19.9. The number of nitrogens with zero attached hydrogens (tertiary/aromatic N) is 2. The van der Waals surface area contributed by atoms with Gasteiger partial charge in [0.25, 0.3) is 5.56 Å². The smallest absolute Gasteiger partial charge is 0.262 e. The number of hydrogen-bond donors (Lipinski definition) is 1. The highest BCUT2D eigenvalue weighted by atomic mass is 32.2. The fraction of sp³-hybridized carbons (Fsp3) is 0.550. The van der Waals surface area contributed by atoms with Crippen molar-refractivity contribution in [3.05, 3.63) is 34.6 Å². The lowest BCUT2D eigenvalue weighted by atomic mass is 9.92. The van der Waals surface area contributed by atoms with Crippen molar-refractivity contribution >= 4 is 28.6 Å². The highest BCUT2D eigenvalue weighted by Gasteiger charge is 2.14. The number of para-hydroxylation sites is 1. The Kier molecular flexibility index (Phi) is 7.86. The molecule has 0 radical (unpaired) electrons. The molecule has 1 aromatic carbocycles. The van der Waals surface area contributed by atoms with E-state index in [0.29, 0.717) is 42.2 Å².